The number of hydrogen-bond acceptors (Lipinski definition) is 8. The summed E-state index contributed by atoms with van der Waals surface area (Å²) in [5.41, 5.74) is 2.97. The number of hydrogen-bond donors (Lipinski definition) is 4. The molecule has 11 heteroatoms. The Kier molecular flexibility index (Phi) is 12.0. The Morgan fingerprint density at radius 3 is 1.32 bits per heavy atom. The molecule has 0 unspecified atom stereocenters. The minimum atomic E-state index is -4.43. The lowest BCUT2D eigenvalue weighted by Crippen LogP contribution is -2.52. The van der Waals surface area contributed by atoms with Crippen molar-refractivity contribution in [2.45, 2.75) is 50.2 Å². The highest BCUT2D eigenvalue weighted by molar-refractivity contribution is 7.86. The molecule has 0 bridgehead atoms. The second kappa shape index (κ2) is 16.3. The quantitative estimate of drug-likeness (QED) is 0.162. The molecule has 47 heavy (non-hydrogen) atoms. The summed E-state index contributed by atoms with van der Waals surface area (Å²) in [6, 6.07) is 29.9. The zero-order valence-electron chi connectivity index (χ0n) is 26.1. The van der Waals surface area contributed by atoms with Crippen molar-refractivity contribution in [3.05, 3.63) is 131 Å². The zero-order chi connectivity index (χ0) is 33.2. The van der Waals surface area contributed by atoms with Gasteiger partial charge in [-0.25, -0.2) is 0 Å². The summed E-state index contributed by atoms with van der Waals surface area (Å²) < 4.78 is 44.3. The maximum absolute atomic E-state index is 14.9. The highest BCUT2D eigenvalue weighted by atomic mass is 32.2. The molecular weight excluding hydrogens is 620 g/mol. The van der Waals surface area contributed by atoms with Gasteiger partial charge in [0.15, 0.2) is 0 Å². The van der Waals surface area contributed by atoms with Crippen LogP contribution >= 0.6 is 0 Å². The van der Waals surface area contributed by atoms with E-state index in [-0.39, 0.29) is 39.5 Å². The third kappa shape index (κ3) is 8.76. The largest absolute Gasteiger partial charge is 0.492 e. The molecule has 250 valence electrons. The molecule has 1 saturated heterocycles. The van der Waals surface area contributed by atoms with Gasteiger partial charge in [0.25, 0.3) is 10.2 Å². The number of benzene rings is 4. The fourth-order valence-corrected chi connectivity index (χ4v) is 7.77. The predicted octanol–water partition coefficient (Wildman–Crippen LogP) is 2.94. The number of ether oxygens (including phenoxy) is 2. The van der Waals surface area contributed by atoms with Gasteiger partial charge in [0.2, 0.25) is 0 Å². The second-order valence-electron chi connectivity index (χ2n) is 11.5. The van der Waals surface area contributed by atoms with Gasteiger partial charge in [0, 0.05) is 26.3 Å². The van der Waals surface area contributed by atoms with Crippen LogP contribution in [0.2, 0.25) is 0 Å². The fourth-order valence-electron chi connectivity index (χ4n) is 5.82. The Bertz CT molecular complexity index is 1540. The van der Waals surface area contributed by atoms with Crippen LogP contribution in [0.15, 0.2) is 109 Å². The van der Waals surface area contributed by atoms with Crippen LogP contribution in [0, 0.1) is 0 Å². The molecule has 0 spiro atoms. The van der Waals surface area contributed by atoms with E-state index in [0.717, 1.165) is 11.1 Å². The van der Waals surface area contributed by atoms with E-state index in [1.807, 2.05) is 36.4 Å². The van der Waals surface area contributed by atoms with Gasteiger partial charge in [-0.05, 0) is 59.4 Å². The van der Waals surface area contributed by atoms with E-state index >= 15 is 0 Å². The molecular formula is C36H42N2O8S. The molecule has 0 saturated carbocycles. The minimum Gasteiger partial charge on any atom is -0.492 e. The molecule has 10 nitrogen and oxygen atoms in total. The van der Waals surface area contributed by atoms with Crippen LogP contribution in [0.5, 0.6) is 11.5 Å². The highest BCUT2D eigenvalue weighted by Crippen LogP contribution is 2.32. The number of aliphatic hydroxyl groups excluding tert-OH is 4. The molecule has 5 rings (SSSR count). The van der Waals surface area contributed by atoms with Gasteiger partial charge in [0.05, 0.1) is 12.1 Å². The Balaban J connectivity index is 1.58. The van der Waals surface area contributed by atoms with E-state index in [1.54, 1.807) is 72.8 Å². The number of para-hydroxylation sites is 2. The Hall–Kier alpha value is -3.81. The molecule has 4 aromatic carbocycles. The molecule has 0 aromatic heterocycles. The normalized spacial score (nSPS) is 21.6. The third-order valence-electron chi connectivity index (χ3n) is 8.26. The highest BCUT2D eigenvalue weighted by Gasteiger charge is 2.51. The van der Waals surface area contributed by atoms with E-state index in [0.29, 0.717) is 35.5 Å². The van der Waals surface area contributed by atoms with Crippen molar-refractivity contribution in [2.24, 2.45) is 0 Å². The standard InChI is InChI=1S/C36H42N2O8S/c39-19-17-27-9-7-11-29(21-27)23-37-33(25-45-31-13-3-1-4-14-31)35(41)36(42)34(26-46-32-15-5-2-6-16-32)38(47(37,43)44)24-30-12-8-10-28(22-30)18-20-40/h1-16,21-22,33-36,39-42H,17-20,23-26H2/t33-,34-,35+,36+/m1/s1. The molecule has 1 fully saturated rings. The van der Waals surface area contributed by atoms with Gasteiger partial charge < -0.3 is 29.9 Å². The summed E-state index contributed by atoms with van der Waals surface area (Å²) in [5.74, 6) is 0.976. The van der Waals surface area contributed by atoms with Crippen LogP contribution in [0.3, 0.4) is 0 Å². The van der Waals surface area contributed by atoms with E-state index in [4.69, 9.17) is 9.47 Å². The number of aliphatic hydroxyl groups is 4. The minimum absolute atomic E-state index is 0.0594. The van der Waals surface area contributed by atoms with E-state index in [1.165, 1.54) is 8.61 Å². The molecule has 4 aromatic rings. The Morgan fingerprint density at radius 2 is 0.936 bits per heavy atom. The van der Waals surface area contributed by atoms with Gasteiger partial charge in [-0.2, -0.15) is 17.0 Å². The fraction of sp³-hybridized carbons (Fsp3) is 0.333. The van der Waals surface area contributed by atoms with Gasteiger partial charge in [-0.3, -0.25) is 0 Å². The van der Waals surface area contributed by atoms with E-state index in [9.17, 15) is 28.8 Å². The van der Waals surface area contributed by atoms with Gasteiger partial charge >= 0.3 is 0 Å². The molecule has 1 aliphatic heterocycles. The predicted molar refractivity (Wildman–Crippen MR) is 178 cm³/mol. The lowest BCUT2D eigenvalue weighted by molar-refractivity contribution is -0.0565. The van der Waals surface area contributed by atoms with Gasteiger partial charge in [0.1, 0.15) is 36.9 Å². The van der Waals surface area contributed by atoms with Crippen LogP contribution in [0.4, 0.5) is 0 Å². The van der Waals surface area contributed by atoms with Crippen molar-refractivity contribution in [1.82, 2.24) is 8.61 Å². The molecule has 1 heterocycles. The molecule has 4 N–H and O–H groups in total. The molecule has 0 amide bonds. The molecule has 4 atom stereocenters. The molecule has 0 aliphatic carbocycles. The van der Waals surface area contributed by atoms with E-state index in [2.05, 4.69) is 0 Å². The Morgan fingerprint density at radius 1 is 0.553 bits per heavy atom. The lowest BCUT2D eigenvalue weighted by Gasteiger charge is -2.34. The summed E-state index contributed by atoms with van der Waals surface area (Å²) in [5, 5.41) is 42.6. The SMILES string of the molecule is O=S1(=O)N(Cc2cccc(CCO)c2)[C@H](COc2ccccc2)[C@H](O)[C@@H](O)[C@@H](COc2ccccc2)N1Cc1cccc(CCO)c1. The van der Waals surface area contributed by atoms with Crippen LogP contribution < -0.4 is 9.47 Å². The first-order valence-corrected chi connectivity index (χ1v) is 17.1. The summed E-state index contributed by atoms with van der Waals surface area (Å²) in [6.07, 6.45) is -2.30. The van der Waals surface area contributed by atoms with Crippen molar-refractivity contribution in [3.8, 4) is 11.5 Å². The first-order valence-electron chi connectivity index (χ1n) is 15.7. The average Bonchev–Trinajstić information content (AvgIpc) is 3.13. The second-order valence-corrected chi connectivity index (χ2v) is 13.4. The maximum Gasteiger partial charge on any atom is 0.283 e. The van der Waals surface area contributed by atoms with Crippen LogP contribution in [0.1, 0.15) is 22.3 Å². The van der Waals surface area contributed by atoms with Gasteiger partial charge in [-0.1, -0.05) is 84.9 Å². The first kappa shape index (κ1) is 34.5. The first-order chi connectivity index (χ1) is 22.8. The summed E-state index contributed by atoms with van der Waals surface area (Å²) in [7, 11) is -4.43. The van der Waals surface area contributed by atoms with Crippen LogP contribution in [-0.4, -0.2) is 88.2 Å². The summed E-state index contributed by atoms with van der Waals surface area (Å²) in [6.45, 7) is -0.830. The van der Waals surface area contributed by atoms with Crippen molar-refractivity contribution in [1.29, 1.82) is 0 Å². The zero-order valence-corrected chi connectivity index (χ0v) is 26.9. The van der Waals surface area contributed by atoms with Gasteiger partial charge in [-0.15, -0.1) is 0 Å². The topological polar surface area (TPSA) is 140 Å². The summed E-state index contributed by atoms with van der Waals surface area (Å²) >= 11 is 0. The van der Waals surface area contributed by atoms with Crippen LogP contribution in [-0.2, 0) is 36.1 Å². The maximum atomic E-state index is 14.9. The monoisotopic (exact) mass is 662 g/mol. The Labute approximate surface area is 276 Å². The van der Waals surface area contributed by atoms with E-state index < -0.39 is 34.5 Å². The molecule has 1 aliphatic rings. The lowest BCUT2D eigenvalue weighted by atomic mass is 9.98. The number of rotatable bonds is 14. The van der Waals surface area contributed by atoms with Crippen molar-refractivity contribution >= 4 is 10.2 Å². The van der Waals surface area contributed by atoms with Crippen LogP contribution in [0.25, 0.3) is 0 Å². The third-order valence-corrected chi connectivity index (χ3v) is 10.2. The van der Waals surface area contributed by atoms with Crippen molar-refractivity contribution in [3.63, 3.8) is 0 Å². The number of nitrogens with zero attached hydrogens (tertiary/aromatic N) is 2. The molecule has 0 radical (unpaired) electrons. The smallest absolute Gasteiger partial charge is 0.283 e. The van der Waals surface area contributed by atoms with Crippen molar-refractivity contribution < 1.29 is 38.3 Å². The summed E-state index contributed by atoms with van der Waals surface area (Å²) in [4.78, 5) is 0. The average molecular weight is 663 g/mol. The van der Waals surface area contributed by atoms with Crippen molar-refractivity contribution in [2.75, 3.05) is 26.4 Å².